The van der Waals surface area contributed by atoms with Crippen LogP contribution in [0.2, 0.25) is 0 Å². The number of halogens is 1. The summed E-state index contributed by atoms with van der Waals surface area (Å²) in [4.78, 5) is 4.86. The molecular formula is C25H32FN5OS. The molecule has 1 fully saturated rings. The molecule has 176 valence electrons. The van der Waals surface area contributed by atoms with Crippen LogP contribution in [0.25, 0.3) is 17.1 Å². The minimum Gasteiger partial charge on any atom is -0.494 e. The molecule has 6 nitrogen and oxygen atoms in total. The number of para-hydroxylation sites is 1. The minimum absolute atomic E-state index is 0.331. The molecule has 33 heavy (non-hydrogen) atoms. The SMILES string of the molecule is CCOc1ccc(-c2nn(CN3CCN(CC(C)C)CC3)c(=S)n2-c2ccccc2F)cc1. The maximum absolute atomic E-state index is 14.8. The third-order valence-corrected chi connectivity index (χ3v) is 6.17. The minimum atomic E-state index is -0.331. The van der Waals surface area contributed by atoms with E-state index in [9.17, 15) is 4.39 Å². The van der Waals surface area contributed by atoms with E-state index in [-0.39, 0.29) is 5.82 Å². The summed E-state index contributed by atoms with van der Waals surface area (Å²) >= 11 is 5.81. The van der Waals surface area contributed by atoms with Crippen LogP contribution < -0.4 is 4.74 Å². The van der Waals surface area contributed by atoms with E-state index in [4.69, 9.17) is 22.1 Å². The highest BCUT2D eigenvalue weighted by Crippen LogP contribution is 2.26. The molecule has 2 heterocycles. The van der Waals surface area contributed by atoms with Crippen LogP contribution in [0.1, 0.15) is 20.8 Å². The molecule has 0 N–H and O–H groups in total. The van der Waals surface area contributed by atoms with Gasteiger partial charge in [0.25, 0.3) is 0 Å². The molecule has 2 aromatic carbocycles. The second kappa shape index (κ2) is 10.6. The van der Waals surface area contributed by atoms with Gasteiger partial charge in [0.05, 0.1) is 19.0 Å². The zero-order chi connectivity index (χ0) is 23.4. The van der Waals surface area contributed by atoms with Crippen LogP contribution in [0, 0.1) is 16.5 Å². The Balaban J connectivity index is 1.65. The van der Waals surface area contributed by atoms with Crippen LogP contribution in [0.15, 0.2) is 48.5 Å². The summed E-state index contributed by atoms with van der Waals surface area (Å²) < 4.78 is 24.4. The quantitative estimate of drug-likeness (QED) is 0.442. The van der Waals surface area contributed by atoms with Gasteiger partial charge in [-0.1, -0.05) is 26.0 Å². The van der Waals surface area contributed by atoms with Crippen molar-refractivity contribution < 1.29 is 9.13 Å². The van der Waals surface area contributed by atoms with Gasteiger partial charge >= 0.3 is 0 Å². The highest BCUT2D eigenvalue weighted by Gasteiger charge is 2.21. The third kappa shape index (κ3) is 5.51. The number of piperazine rings is 1. The van der Waals surface area contributed by atoms with Crippen molar-refractivity contribution in [3.05, 3.63) is 59.1 Å². The van der Waals surface area contributed by atoms with Gasteiger partial charge in [-0.3, -0.25) is 9.47 Å². The number of aromatic nitrogens is 3. The maximum atomic E-state index is 14.8. The molecule has 4 rings (SSSR count). The van der Waals surface area contributed by atoms with Crippen molar-refractivity contribution in [3.63, 3.8) is 0 Å². The Morgan fingerprint density at radius 3 is 2.30 bits per heavy atom. The van der Waals surface area contributed by atoms with Crippen LogP contribution in [0.4, 0.5) is 4.39 Å². The van der Waals surface area contributed by atoms with Crippen LogP contribution in [-0.2, 0) is 6.67 Å². The number of benzene rings is 2. The Morgan fingerprint density at radius 1 is 1.00 bits per heavy atom. The van der Waals surface area contributed by atoms with E-state index in [0.717, 1.165) is 44.0 Å². The summed E-state index contributed by atoms with van der Waals surface area (Å²) in [5, 5.41) is 4.85. The van der Waals surface area contributed by atoms with Crippen molar-refractivity contribution >= 4 is 12.2 Å². The Bertz CT molecular complexity index is 1120. The van der Waals surface area contributed by atoms with Crippen molar-refractivity contribution in [1.82, 2.24) is 24.1 Å². The Morgan fingerprint density at radius 2 is 1.67 bits per heavy atom. The van der Waals surface area contributed by atoms with Crippen LogP contribution >= 0.6 is 12.2 Å². The number of nitrogens with zero attached hydrogens (tertiary/aromatic N) is 5. The predicted octanol–water partition coefficient (Wildman–Crippen LogP) is 4.84. The highest BCUT2D eigenvalue weighted by atomic mass is 32.1. The normalized spacial score (nSPS) is 15.3. The number of ether oxygens (including phenoxy) is 1. The lowest BCUT2D eigenvalue weighted by molar-refractivity contribution is 0.0951. The van der Waals surface area contributed by atoms with Gasteiger partial charge in [-0.15, -0.1) is 5.10 Å². The summed E-state index contributed by atoms with van der Waals surface area (Å²) in [6.07, 6.45) is 0. The van der Waals surface area contributed by atoms with Gasteiger partial charge in [-0.25, -0.2) is 9.07 Å². The van der Waals surface area contributed by atoms with E-state index in [2.05, 4.69) is 23.6 Å². The van der Waals surface area contributed by atoms with Gasteiger partial charge in [0, 0.05) is 38.3 Å². The zero-order valence-electron chi connectivity index (χ0n) is 19.6. The maximum Gasteiger partial charge on any atom is 0.204 e. The molecule has 0 radical (unpaired) electrons. The van der Waals surface area contributed by atoms with Crippen LogP contribution in [-0.4, -0.2) is 63.5 Å². The van der Waals surface area contributed by atoms with Gasteiger partial charge in [-0.2, -0.15) is 0 Å². The first-order valence-electron chi connectivity index (χ1n) is 11.6. The Hall–Kier alpha value is -2.55. The average Bonchev–Trinajstić information content (AvgIpc) is 3.11. The number of hydrogen-bond donors (Lipinski definition) is 0. The first-order valence-corrected chi connectivity index (χ1v) is 12.0. The molecule has 0 spiro atoms. The van der Waals surface area contributed by atoms with Gasteiger partial charge in [0.2, 0.25) is 4.77 Å². The molecule has 0 atom stereocenters. The van der Waals surface area contributed by atoms with E-state index in [1.807, 2.05) is 41.9 Å². The van der Waals surface area contributed by atoms with Gasteiger partial charge in [0.15, 0.2) is 5.82 Å². The van der Waals surface area contributed by atoms with Crippen molar-refractivity contribution in [2.75, 3.05) is 39.3 Å². The molecule has 1 saturated heterocycles. The molecular weight excluding hydrogens is 437 g/mol. The van der Waals surface area contributed by atoms with Gasteiger partial charge in [0.1, 0.15) is 11.6 Å². The lowest BCUT2D eigenvalue weighted by atomic mass is 10.2. The fourth-order valence-corrected chi connectivity index (χ4v) is 4.51. The molecule has 8 heteroatoms. The van der Waals surface area contributed by atoms with E-state index >= 15 is 0 Å². The summed E-state index contributed by atoms with van der Waals surface area (Å²) in [6.45, 7) is 12.7. The standard InChI is InChI=1S/C25H32FN5OS/c1-4-32-21-11-9-20(10-12-21)24-27-30(18-29-15-13-28(14-16-29)17-19(2)3)25(33)31(24)23-8-6-5-7-22(23)26/h5-12,19H,4,13-18H2,1-3H3. The van der Waals surface area contributed by atoms with Crippen molar-refractivity contribution in [1.29, 1.82) is 0 Å². The smallest absolute Gasteiger partial charge is 0.204 e. The first-order chi connectivity index (χ1) is 16.0. The highest BCUT2D eigenvalue weighted by molar-refractivity contribution is 7.71. The molecule has 0 unspecified atom stereocenters. The predicted molar refractivity (Wildman–Crippen MR) is 132 cm³/mol. The second-order valence-corrected chi connectivity index (χ2v) is 9.17. The summed E-state index contributed by atoms with van der Waals surface area (Å²) in [6, 6.07) is 14.4. The lowest BCUT2D eigenvalue weighted by Crippen LogP contribution is -2.47. The van der Waals surface area contributed by atoms with Crippen LogP contribution in [0.5, 0.6) is 5.75 Å². The average molecular weight is 470 g/mol. The molecule has 1 aromatic heterocycles. The number of hydrogen-bond acceptors (Lipinski definition) is 5. The van der Waals surface area contributed by atoms with Crippen molar-refractivity contribution in [3.8, 4) is 22.8 Å². The van der Waals surface area contributed by atoms with E-state index in [1.54, 1.807) is 16.7 Å². The third-order valence-electron chi connectivity index (χ3n) is 5.78. The second-order valence-electron chi connectivity index (χ2n) is 8.80. The largest absolute Gasteiger partial charge is 0.494 e. The van der Waals surface area contributed by atoms with Gasteiger partial charge in [-0.05, 0) is 61.5 Å². The fraction of sp³-hybridized carbons (Fsp3) is 0.440. The molecule has 0 bridgehead atoms. The molecule has 1 aliphatic heterocycles. The first kappa shape index (κ1) is 23.6. The lowest BCUT2D eigenvalue weighted by Gasteiger charge is -2.35. The van der Waals surface area contributed by atoms with Crippen molar-refractivity contribution in [2.24, 2.45) is 5.92 Å². The Kier molecular flexibility index (Phi) is 7.57. The molecule has 0 saturated carbocycles. The van der Waals surface area contributed by atoms with Crippen LogP contribution in [0.3, 0.4) is 0 Å². The topological polar surface area (TPSA) is 38.5 Å². The summed E-state index contributed by atoms with van der Waals surface area (Å²) in [7, 11) is 0. The van der Waals surface area contributed by atoms with E-state index in [1.165, 1.54) is 6.07 Å². The molecule has 0 amide bonds. The zero-order valence-corrected chi connectivity index (χ0v) is 20.4. The Labute approximate surface area is 200 Å². The van der Waals surface area contributed by atoms with Gasteiger partial charge < -0.3 is 9.64 Å². The fourth-order valence-electron chi connectivity index (χ4n) is 4.22. The van der Waals surface area contributed by atoms with E-state index < -0.39 is 0 Å². The molecule has 1 aliphatic rings. The molecule has 3 aromatic rings. The van der Waals surface area contributed by atoms with E-state index in [0.29, 0.717) is 35.5 Å². The monoisotopic (exact) mass is 469 g/mol. The molecule has 0 aliphatic carbocycles. The summed E-state index contributed by atoms with van der Waals surface area (Å²) in [5.74, 6) is 1.74. The number of rotatable bonds is 8. The van der Waals surface area contributed by atoms with Crippen molar-refractivity contribution in [2.45, 2.75) is 27.4 Å². The summed E-state index contributed by atoms with van der Waals surface area (Å²) in [5.41, 5.74) is 1.26.